The molecule has 2 bridgehead atoms. The number of amides is 1. The van der Waals surface area contributed by atoms with Gasteiger partial charge < -0.3 is 10.6 Å². The van der Waals surface area contributed by atoms with Crippen LogP contribution in [0.2, 0.25) is 0 Å². The summed E-state index contributed by atoms with van der Waals surface area (Å²) in [6.07, 6.45) is 4.37. The van der Waals surface area contributed by atoms with Crippen LogP contribution in [0.3, 0.4) is 0 Å². The molecule has 0 saturated carbocycles. The Kier molecular flexibility index (Phi) is 5.17. The van der Waals surface area contributed by atoms with Crippen molar-refractivity contribution in [1.29, 1.82) is 0 Å². The number of hydrogen-bond donors (Lipinski definition) is 2. The van der Waals surface area contributed by atoms with Crippen molar-refractivity contribution in [2.75, 3.05) is 0 Å². The third-order valence-electron chi connectivity index (χ3n) is 4.19. The second-order valence-corrected chi connectivity index (χ2v) is 5.80. The van der Waals surface area contributed by atoms with Crippen LogP contribution in [0.4, 0.5) is 8.78 Å². The minimum absolute atomic E-state index is 0. The normalized spacial score (nSPS) is 27.0. The van der Waals surface area contributed by atoms with Crippen molar-refractivity contribution >= 4 is 18.3 Å². The van der Waals surface area contributed by atoms with Crippen molar-refractivity contribution in [3.05, 3.63) is 35.4 Å². The predicted molar refractivity (Wildman–Crippen MR) is 78.4 cm³/mol. The fraction of sp³-hybridized carbons (Fsp3) is 0.533. The summed E-state index contributed by atoms with van der Waals surface area (Å²) in [5.41, 5.74) is 0.498. The van der Waals surface area contributed by atoms with Gasteiger partial charge in [-0.2, -0.15) is 0 Å². The summed E-state index contributed by atoms with van der Waals surface area (Å²) >= 11 is 0. The summed E-state index contributed by atoms with van der Waals surface area (Å²) in [6, 6.07) is 4.82. The van der Waals surface area contributed by atoms with Crippen LogP contribution in [0.1, 0.15) is 31.2 Å². The Morgan fingerprint density at radius 1 is 1.19 bits per heavy atom. The molecule has 0 aliphatic carbocycles. The van der Waals surface area contributed by atoms with Crippen LogP contribution in [-0.2, 0) is 11.2 Å². The summed E-state index contributed by atoms with van der Waals surface area (Å²) in [6.45, 7) is 0. The average molecular weight is 317 g/mol. The zero-order valence-electron chi connectivity index (χ0n) is 11.6. The van der Waals surface area contributed by atoms with E-state index in [-0.39, 0.29) is 30.8 Å². The predicted octanol–water partition coefficient (Wildman–Crippen LogP) is 2.33. The van der Waals surface area contributed by atoms with Gasteiger partial charge in [0, 0.05) is 18.1 Å². The molecule has 1 amide bonds. The Hall–Kier alpha value is -1.20. The molecule has 2 atom stereocenters. The van der Waals surface area contributed by atoms with Crippen LogP contribution in [0.5, 0.6) is 0 Å². The van der Waals surface area contributed by atoms with E-state index < -0.39 is 11.6 Å². The number of carbonyl (C=O) groups is 1. The highest BCUT2D eigenvalue weighted by Crippen LogP contribution is 2.26. The van der Waals surface area contributed by atoms with Gasteiger partial charge in [0.1, 0.15) is 0 Å². The van der Waals surface area contributed by atoms with Crippen molar-refractivity contribution < 1.29 is 13.6 Å². The second kappa shape index (κ2) is 6.71. The molecule has 2 unspecified atom stereocenters. The summed E-state index contributed by atoms with van der Waals surface area (Å²) in [5, 5.41) is 6.52. The molecule has 2 saturated heterocycles. The number of rotatable bonds is 3. The van der Waals surface area contributed by atoms with Gasteiger partial charge in [0.05, 0.1) is 6.42 Å². The van der Waals surface area contributed by atoms with Crippen LogP contribution < -0.4 is 10.6 Å². The van der Waals surface area contributed by atoms with Gasteiger partial charge in [-0.1, -0.05) is 6.07 Å². The molecule has 3 nitrogen and oxygen atoms in total. The Balaban J connectivity index is 0.00000161. The smallest absolute Gasteiger partial charge is 0.224 e. The third kappa shape index (κ3) is 3.92. The monoisotopic (exact) mass is 316 g/mol. The lowest BCUT2D eigenvalue weighted by molar-refractivity contribution is -0.121. The number of fused-ring (bicyclic) bond motifs is 2. The number of halogens is 3. The highest BCUT2D eigenvalue weighted by molar-refractivity contribution is 5.85. The van der Waals surface area contributed by atoms with Crippen molar-refractivity contribution in [2.24, 2.45) is 0 Å². The standard InChI is InChI=1S/C15H18F2N2O.ClH/c16-13-4-1-9(5-14(13)17)6-15(20)19-12-7-10-2-3-11(8-12)18-10;/h1,4-5,10-12,18H,2-3,6-8H2,(H,19,20);1H. The summed E-state index contributed by atoms with van der Waals surface area (Å²) in [5.74, 6) is -1.92. The van der Waals surface area contributed by atoms with Crippen LogP contribution in [-0.4, -0.2) is 24.0 Å². The molecule has 2 aliphatic rings. The van der Waals surface area contributed by atoms with Crippen LogP contribution >= 0.6 is 12.4 Å². The lowest BCUT2D eigenvalue weighted by Gasteiger charge is -2.29. The van der Waals surface area contributed by atoms with Crippen LogP contribution in [0.15, 0.2) is 18.2 Å². The number of nitrogens with one attached hydrogen (secondary N) is 2. The fourth-order valence-electron chi connectivity index (χ4n) is 3.29. The first kappa shape index (κ1) is 16.2. The zero-order valence-corrected chi connectivity index (χ0v) is 12.4. The number of piperidine rings is 1. The summed E-state index contributed by atoms with van der Waals surface area (Å²) in [7, 11) is 0. The van der Waals surface area contributed by atoms with Gasteiger partial charge in [-0.25, -0.2) is 8.78 Å². The molecule has 2 fully saturated rings. The third-order valence-corrected chi connectivity index (χ3v) is 4.19. The first-order valence-corrected chi connectivity index (χ1v) is 7.09. The molecule has 6 heteroatoms. The number of benzene rings is 1. The van der Waals surface area contributed by atoms with Gasteiger partial charge in [-0.05, 0) is 43.4 Å². The largest absolute Gasteiger partial charge is 0.353 e. The Morgan fingerprint density at radius 2 is 1.86 bits per heavy atom. The molecule has 2 N–H and O–H groups in total. The molecule has 3 rings (SSSR count). The van der Waals surface area contributed by atoms with Gasteiger partial charge in [-0.3, -0.25) is 4.79 Å². The van der Waals surface area contributed by atoms with Gasteiger partial charge in [0.2, 0.25) is 5.91 Å². The van der Waals surface area contributed by atoms with Gasteiger partial charge >= 0.3 is 0 Å². The molecule has 21 heavy (non-hydrogen) atoms. The minimum atomic E-state index is -0.907. The van der Waals surface area contributed by atoms with Crippen molar-refractivity contribution in [3.63, 3.8) is 0 Å². The lowest BCUT2D eigenvalue weighted by atomic mass is 9.99. The van der Waals surface area contributed by atoms with E-state index in [0.29, 0.717) is 17.6 Å². The van der Waals surface area contributed by atoms with Crippen LogP contribution in [0, 0.1) is 11.6 Å². The molecule has 0 aromatic heterocycles. The maximum absolute atomic E-state index is 13.1. The summed E-state index contributed by atoms with van der Waals surface area (Å²) in [4.78, 5) is 12.0. The molecule has 2 heterocycles. The first-order valence-electron chi connectivity index (χ1n) is 7.09. The maximum Gasteiger partial charge on any atom is 0.224 e. The van der Waals surface area contributed by atoms with E-state index in [4.69, 9.17) is 0 Å². The lowest BCUT2D eigenvalue weighted by Crippen LogP contribution is -2.48. The van der Waals surface area contributed by atoms with E-state index in [1.807, 2.05) is 0 Å². The highest BCUT2D eigenvalue weighted by Gasteiger charge is 2.33. The van der Waals surface area contributed by atoms with Crippen molar-refractivity contribution in [2.45, 2.75) is 50.2 Å². The first-order chi connectivity index (χ1) is 9.60. The van der Waals surface area contributed by atoms with Gasteiger partial charge in [0.15, 0.2) is 11.6 Å². The second-order valence-electron chi connectivity index (χ2n) is 5.80. The van der Waals surface area contributed by atoms with E-state index in [1.54, 1.807) is 0 Å². The van der Waals surface area contributed by atoms with Gasteiger partial charge in [0.25, 0.3) is 0 Å². The van der Waals surface area contributed by atoms with Crippen LogP contribution in [0.25, 0.3) is 0 Å². The van der Waals surface area contributed by atoms with Crippen molar-refractivity contribution in [3.8, 4) is 0 Å². The molecule has 116 valence electrons. The Morgan fingerprint density at radius 3 is 2.48 bits per heavy atom. The molecule has 0 spiro atoms. The average Bonchev–Trinajstić information content (AvgIpc) is 2.73. The molecular weight excluding hydrogens is 298 g/mol. The fourth-order valence-corrected chi connectivity index (χ4v) is 3.29. The van der Waals surface area contributed by atoms with Crippen molar-refractivity contribution in [1.82, 2.24) is 10.6 Å². The molecule has 2 aliphatic heterocycles. The zero-order chi connectivity index (χ0) is 14.1. The minimum Gasteiger partial charge on any atom is -0.353 e. The summed E-state index contributed by atoms with van der Waals surface area (Å²) < 4.78 is 25.9. The van der Waals surface area contributed by atoms with E-state index in [0.717, 1.165) is 25.0 Å². The maximum atomic E-state index is 13.1. The van der Waals surface area contributed by atoms with E-state index in [2.05, 4.69) is 10.6 Å². The van der Waals surface area contributed by atoms with E-state index >= 15 is 0 Å². The highest BCUT2D eigenvalue weighted by atomic mass is 35.5. The number of carbonyl (C=O) groups excluding carboxylic acids is 1. The Labute approximate surface area is 128 Å². The SMILES string of the molecule is Cl.O=C(Cc1ccc(F)c(F)c1)NC1CC2CCC(C1)N2. The quantitative estimate of drug-likeness (QED) is 0.898. The molecule has 1 aromatic carbocycles. The Bertz CT molecular complexity index is 514. The molecular formula is C15H19ClF2N2O. The molecule has 0 radical (unpaired) electrons. The number of hydrogen-bond acceptors (Lipinski definition) is 2. The topological polar surface area (TPSA) is 41.1 Å². The molecule has 1 aromatic rings. The van der Waals surface area contributed by atoms with E-state index in [1.165, 1.54) is 18.9 Å². The van der Waals surface area contributed by atoms with Gasteiger partial charge in [-0.15, -0.1) is 12.4 Å². The van der Waals surface area contributed by atoms with E-state index in [9.17, 15) is 13.6 Å².